The van der Waals surface area contributed by atoms with Crippen LogP contribution in [0.15, 0.2) is 21.9 Å². The van der Waals surface area contributed by atoms with Crippen LogP contribution in [0.4, 0.5) is 0 Å². The zero-order valence-electron chi connectivity index (χ0n) is 13.9. The van der Waals surface area contributed by atoms with Crippen molar-refractivity contribution >= 4 is 23.7 Å². The van der Waals surface area contributed by atoms with Crippen LogP contribution in [-0.2, 0) is 6.54 Å². The highest BCUT2D eigenvalue weighted by Gasteiger charge is 2.21. The van der Waals surface area contributed by atoms with Gasteiger partial charge >= 0.3 is 0 Å². The van der Waals surface area contributed by atoms with Gasteiger partial charge in [-0.05, 0) is 70.2 Å². The molecule has 3 rings (SSSR count). The highest BCUT2D eigenvalue weighted by molar-refractivity contribution is 7.13. The number of thiophene rings is 1. The Kier molecular flexibility index (Phi) is 7.09. The molecule has 2 aromatic rings. The molecule has 0 bridgehead atoms. The summed E-state index contributed by atoms with van der Waals surface area (Å²) >= 11 is 1.68. The summed E-state index contributed by atoms with van der Waals surface area (Å²) < 4.78 is 5.84. The van der Waals surface area contributed by atoms with E-state index in [4.69, 9.17) is 9.40 Å². The summed E-state index contributed by atoms with van der Waals surface area (Å²) in [6.07, 6.45) is 3.91. The molecule has 0 unspecified atom stereocenters. The Labute approximate surface area is 148 Å². The molecule has 23 heavy (non-hydrogen) atoms. The van der Waals surface area contributed by atoms with Gasteiger partial charge in [0.15, 0.2) is 0 Å². The average molecular weight is 356 g/mol. The number of hydrogen-bond donors (Lipinski definition) is 1. The third-order valence-corrected chi connectivity index (χ3v) is 5.37. The molecule has 1 aliphatic heterocycles. The molecule has 1 N–H and O–H groups in total. The quantitative estimate of drug-likeness (QED) is 0.851. The Bertz CT molecular complexity index is 577. The fourth-order valence-electron chi connectivity index (χ4n) is 3.07. The predicted molar refractivity (Wildman–Crippen MR) is 98.3 cm³/mol. The zero-order chi connectivity index (χ0) is 15.4. The first-order valence-corrected chi connectivity index (χ1v) is 9.01. The van der Waals surface area contributed by atoms with Crippen LogP contribution < -0.4 is 5.32 Å². The summed E-state index contributed by atoms with van der Waals surface area (Å²) in [5.41, 5.74) is 1.09. The summed E-state index contributed by atoms with van der Waals surface area (Å²) in [5, 5.41) is 5.31. The first-order chi connectivity index (χ1) is 10.8. The molecule has 1 aliphatic rings. The predicted octanol–water partition coefficient (Wildman–Crippen LogP) is 3.95. The molecular weight excluding hydrogens is 330 g/mol. The summed E-state index contributed by atoms with van der Waals surface area (Å²) in [6.45, 7) is 6.43. The standard InChI is InChI=1S/C17H25N3OS.ClH/c1-13-15(19-17(21-13)16-4-3-11-22-16)12-20-9-6-14(7-10-20)5-8-18-2;/h3-4,11,14,18H,5-10,12H2,1-2H3;1H. The number of rotatable bonds is 6. The Hall–Kier alpha value is -0.880. The van der Waals surface area contributed by atoms with Gasteiger partial charge in [-0.15, -0.1) is 23.7 Å². The molecule has 0 aromatic carbocycles. The summed E-state index contributed by atoms with van der Waals surface area (Å²) in [5.74, 6) is 2.61. The van der Waals surface area contributed by atoms with Crippen molar-refractivity contribution in [3.63, 3.8) is 0 Å². The molecule has 3 heterocycles. The second kappa shape index (κ2) is 8.83. The molecule has 0 atom stereocenters. The summed E-state index contributed by atoms with van der Waals surface area (Å²) in [6, 6.07) is 4.10. The summed E-state index contributed by atoms with van der Waals surface area (Å²) in [4.78, 5) is 8.33. The fourth-order valence-corrected chi connectivity index (χ4v) is 3.72. The van der Waals surface area contributed by atoms with Gasteiger partial charge in [0.25, 0.3) is 0 Å². The van der Waals surface area contributed by atoms with E-state index >= 15 is 0 Å². The van der Waals surface area contributed by atoms with E-state index < -0.39 is 0 Å². The molecular formula is C17H26ClN3OS. The molecule has 1 saturated heterocycles. The Morgan fingerprint density at radius 2 is 2.17 bits per heavy atom. The SMILES string of the molecule is CNCCC1CCN(Cc2nc(-c3cccs3)oc2C)CC1.Cl. The van der Waals surface area contributed by atoms with E-state index in [1.165, 1.54) is 32.4 Å². The largest absolute Gasteiger partial charge is 0.440 e. The second-order valence-corrected chi connectivity index (χ2v) is 7.06. The molecule has 0 aliphatic carbocycles. The van der Waals surface area contributed by atoms with E-state index in [-0.39, 0.29) is 12.4 Å². The minimum atomic E-state index is 0. The molecule has 1 fully saturated rings. The monoisotopic (exact) mass is 355 g/mol. The zero-order valence-corrected chi connectivity index (χ0v) is 15.5. The van der Waals surface area contributed by atoms with Gasteiger partial charge in [0.05, 0.1) is 10.6 Å². The van der Waals surface area contributed by atoms with Crippen LogP contribution in [0.2, 0.25) is 0 Å². The molecule has 6 heteroatoms. The number of halogens is 1. The molecule has 0 amide bonds. The lowest BCUT2D eigenvalue weighted by atomic mass is 9.93. The van der Waals surface area contributed by atoms with Gasteiger partial charge in [0.2, 0.25) is 5.89 Å². The van der Waals surface area contributed by atoms with Crippen LogP contribution in [-0.4, -0.2) is 36.6 Å². The van der Waals surface area contributed by atoms with Crippen LogP contribution in [0.3, 0.4) is 0 Å². The van der Waals surface area contributed by atoms with Gasteiger partial charge in [0.1, 0.15) is 5.76 Å². The maximum Gasteiger partial charge on any atom is 0.236 e. The minimum absolute atomic E-state index is 0. The number of piperidine rings is 1. The normalized spacial score (nSPS) is 16.4. The van der Waals surface area contributed by atoms with Crippen molar-refractivity contribution < 1.29 is 4.42 Å². The highest BCUT2D eigenvalue weighted by Crippen LogP contribution is 2.27. The van der Waals surface area contributed by atoms with Gasteiger partial charge in [0, 0.05) is 6.54 Å². The van der Waals surface area contributed by atoms with Gasteiger partial charge in [-0.1, -0.05) is 6.07 Å². The first kappa shape index (κ1) is 18.5. The average Bonchev–Trinajstić information content (AvgIpc) is 3.17. The van der Waals surface area contributed by atoms with E-state index in [0.717, 1.165) is 41.2 Å². The number of oxazole rings is 1. The van der Waals surface area contributed by atoms with Gasteiger partial charge < -0.3 is 9.73 Å². The van der Waals surface area contributed by atoms with Crippen LogP contribution in [0, 0.1) is 12.8 Å². The molecule has 2 aromatic heterocycles. The number of aromatic nitrogens is 1. The lowest BCUT2D eigenvalue weighted by molar-refractivity contribution is 0.170. The van der Waals surface area contributed by atoms with Crippen molar-refractivity contribution in [1.82, 2.24) is 15.2 Å². The fraction of sp³-hybridized carbons (Fsp3) is 0.588. The highest BCUT2D eigenvalue weighted by atomic mass is 35.5. The van der Waals surface area contributed by atoms with E-state index in [9.17, 15) is 0 Å². The van der Waals surface area contributed by atoms with Crippen LogP contribution in [0.5, 0.6) is 0 Å². The van der Waals surface area contributed by atoms with Crippen LogP contribution in [0.1, 0.15) is 30.7 Å². The smallest absolute Gasteiger partial charge is 0.236 e. The number of nitrogens with zero attached hydrogens (tertiary/aromatic N) is 2. The third-order valence-electron chi connectivity index (χ3n) is 4.51. The van der Waals surface area contributed by atoms with Crippen molar-refractivity contribution in [2.75, 3.05) is 26.7 Å². The number of hydrogen-bond acceptors (Lipinski definition) is 5. The van der Waals surface area contributed by atoms with Crippen molar-refractivity contribution in [1.29, 1.82) is 0 Å². The Morgan fingerprint density at radius 1 is 1.39 bits per heavy atom. The number of nitrogens with one attached hydrogen (secondary N) is 1. The van der Waals surface area contributed by atoms with Gasteiger partial charge in [-0.3, -0.25) is 4.90 Å². The van der Waals surface area contributed by atoms with E-state index in [0.29, 0.717) is 0 Å². The van der Waals surface area contributed by atoms with Crippen molar-refractivity contribution in [3.8, 4) is 10.8 Å². The molecule has 0 radical (unpaired) electrons. The van der Waals surface area contributed by atoms with E-state index in [2.05, 4.69) is 21.7 Å². The van der Waals surface area contributed by atoms with E-state index in [1.807, 2.05) is 20.0 Å². The lowest BCUT2D eigenvalue weighted by Crippen LogP contribution is -2.34. The summed E-state index contributed by atoms with van der Waals surface area (Å²) in [7, 11) is 2.04. The first-order valence-electron chi connectivity index (χ1n) is 8.13. The number of aryl methyl sites for hydroxylation is 1. The third kappa shape index (κ3) is 4.80. The molecule has 0 spiro atoms. The van der Waals surface area contributed by atoms with Crippen LogP contribution >= 0.6 is 23.7 Å². The van der Waals surface area contributed by atoms with Crippen molar-refractivity contribution in [2.45, 2.75) is 32.7 Å². The van der Waals surface area contributed by atoms with Gasteiger partial charge in [-0.2, -0.15) is 0 Å². The maximum absolute atomic E-state index is 5.84. The lowest BCUT2D eigenvalue weighted by Gasteiger charge is -2.31. The maximum atomic E-state index is 5.84. The molecule has 128 valence electrons. The van der Waals surface area contributed by atoms with Crippen LogP contribution in [0.25, 0.3) is 10.8 Å². The molecule has 0 saturated carbocycles. The minimum Gasteiger partial charge on any atom is -0.440 e. The Morgan fingerprint density at radius 3 is 2.83 bits per heavy atom. The molecule has 4 nitrogen and oxygen atoms in total. The van der Waals surface area contributed by atoms with Crippen molar-refractivity contribution in [2.24, 2.45) is 5.92 Å². The number of likely N-dealkylation sites (tertiary alicyclic amines) is 1. The topological polar surface area (TPSA) is 41.3 Å². The van der Waals surface area contributed by atoms with E-state index in [1.54, 1.807) is 11.3 Å². The van der Waals surface area contributed by atoms with Crippen molar-refractivity contribution in [3.05, 3.63) is 29.0 Å². The second-order valence-electron chi connectivity index (χ2n) is 6.11. The Balaban J connectivity index is 0.00000192. The van der Waals surface area contributed by atoms with Gasteiger partial charge in [-0.25, -0.2) is 4.98 Å².